The molecule has 0 aliphatic heterocycles. The summed E-state index contributed by atoms with van der Waals surface area (Å²) in [6, 6.07) is 30.4. The van der Waals surface area contributed by atoms with Crippen LogP contribution in [-0.4, -0.2) is 6.61 Å². The van der Waals surface area contributed by atoms with Crippen molar-refractivity contribution in [1.29, 1.82) is 0 Å². The molecule has 0 unspecified atom stereocenters. The molecular weight excluding hydrogens is 414 g/mol. The Balaban J connectivity index is 0.00000133. The van der Waals surface area contributed by atoms with Gasteiger partial charge in [0.05, 0.1) is 12.3 Å². The molecule has 0 N–H and O–H groups in total. The Morgan fingerprint density at radius 2 is 1.53 bits per heavy atom. The first-order valence-electron chi connectivity index (χ1n) is 12.6. The number of hydrogen-bond acceptors (Lipinski definition) is 2. The molecule has 2 nitrogen and oxygen atoms in total. The molecule has 1 aliphatic rings. The van der Waals surface area contributed by atoms with Crippen LogP contribution in [0.3, 0.4) is 0 Å². The molecule has 1 aliphatic carbocycles. The van der Waals surface area contributed by atoms with Gasteiger partial charge in [0.2, 0.25) is 0 Å². The zero-order valence-corrected chi connectivity index (χ0v) is 20.6. The SMILES string of the molecule is CC.CCCCOc1ccc(N(c2cccc3c2CCC=C3)c2cccc3ccccc23)cc1. The maximum atomic E-state index is 5.93. The molecular formula is C32H35NO. The molecule has 0 heterocycles. The molecule has 174 valence electrons. The quantitative estimate of drug-likeness (QED) is 0.260. The van der Waals surface area contributed by atoms with Crippen molar-refractivity contribution in [2.45, 2.75) is 46.5 Å². The van der Waals surface area contributed by atoms with Gasteiger partial charge >= 0.3 is 0 Å². The molecule has 4 aromatic rings. The van der Waals surface area contributed by atoms with E-state index in [-0.39, 0.29) is 0 Å². The second-order valence-corrected chi connectivity index (χ2v) is 8.32. The summed E-state index contributed by atoms with van der Waals surface area (Å²) in [4.78, 5) is 2.41. The molecule has 0 saturated heterocycles. The van der Waals surface area contributed by atoms with Crippen LogP contribution in [-0.2, 0) is 6.42 Å². The van der Waals surface area contributed by atoms with E-state index in [0.29, 0.717) is 0 Å². The van der Waals surface area contributed by atoms with Crippen molar-refractivity contribution in [3.8, 4) is 5.75 Å². The van der Waals surface area contributed by atoms with Crippen LogP contribution in [0.2, 0.25) is 0 Å². The van der Waals surface area contributed by atoms with Crippen LogP contribution >= 0.6 is 0 Å². The average Bonchev–Trinajstić information content (AvgIpc) is 2.91. The fourth-order valence-electron chi connectivity index (χ4n) is 4.51. The highest BCUT2D eigenvalue weighted by Gasteiger charge is 2.20. The van der Waals surface area contributed by atoms with Gasteiger partial charge in [-0.1, -0.05) is 87.9 Å². The van der Waals surface area contributed by atoms with E-state index in [1.807, 2.05) is 13.8 Å². The summed E-state index contributed by atoms with van der Waals surface area (Å²) in [6.07, 6.45) is 8.89. The van der Waals surface area contributed by atoms with Crippen molar-refractivity contribution in [3.05, 3.63) is 102 Å². The number of unbranched alkanes of at least 4 members (excludes halogenated alkanes) is 1. The number of nitrogens with zero attached hydrogens (tertiary/aromatic N) is 1. The summed E-state index contributed by atoms with van der Waals surface area (Å²) in [5.41, 5.74) is 6.32. The lowest BCUT2D eigenvalue weighted by Crippen LogP contribution is -2.14. The van der Waals surface area contributed by atoms with Crippen LogP contribution < -0.4 is 9.64 Å². The number of fused-ring (bicyclic) bond motifs is 2. The highest BCUT2D eigenvalue weighted by Crippen LogP contribution is 2.42. The maximum Gasteiger partial charge on any atom is 0.119 e. The summed E-state index contributed by atoms with van der Waals surface area (Å²) in [7, 11) is 0. The molecule has 0 amide bonds. The molecule has 0 radical (unpaired) electrons. The third-order valence-electron chi connectivity index (χ3n) is 6.16. The van der Waals surface area contributed by atoms with Crippen molar-refractivity contribution >= 4 is 33.9 Å². The normalized spacial score (nSPS) is 12.0. The van der Waals surface area contributed by atoms with E-state index in [1.54, 1.807) is 0 Å². The van der Waals surface area contributed by atoms with Crippen LogP contribution in [0.1, 0.15) is 51.2 Å². The Morgan fingerprint density at radius 1 is 0.794 bits per heavy atom. The van der Waals surface area contributed by atoms with Crippen molar-refractivity contribution < 1.29 is 4.74 Å². The Bertz CT molecular complexity index is 1230. The molecule has 5 rings (SSSR count). The lowest BCUT2D eigenvalue weighted by atomic mass is 9.94. The Hall–Kier alpha value is -3.52. The van der Waals surface area contributed by atoms with Gasteiger partial charge in [-0.2, -0.15) is 0 Å². The lowest BCUT2D eigenvalue weighted by molar-refractivity contribution is 0.309. The molecule has 0 aromatic heterocycles. The zero-order chi connectivity index (χ0) is 23.8. The summed E-state index contributed by atoms with van der Waals surface area (Å²) in [6.45, 7) is 6.95. The van der Waals surface area contributed by atoms with Crippen molar-refractivity contribution in [3.63, 3.8) is 0 Å². The average molecular weight is 450 g/mol. The van der Waals surface area contributed by atoms with Crippen LogP contribution in [0.4, 0.5) is 17.1 Å². The van der Waals surface area contributed by atoms with E-state index in [0.717, 1.165) is 43.7 Å². The van der Waals surface area contributed by atoms with Gasteiger partial charge in [-0.25, -0.2) is 0 Å². The van der Waals surface area contributed by atoms with Crippen LogP contribution in [0, 0.1) is 0 Å². The van der Waals surface area contributed by atoms with Gasteiger partial charge < -0.3 is 9.64 Å². The molecule has 2 heteroatoms. The van der Waals surface area contributed by atoms with E-state index in [2.05, 4.69) is 109 Å². The number of anilines is 3. The second kappa shape index (κ2) is 11.6. The third-order valence-corrected chi connectivity index (χ3v) is 6.16. The summed E-state index contributed by atoms with van der Waals surface area (Å²) < 4.78 is 5.93. The first kappa shape index (κ1) is 23.6. The predicted octanol–water partition coefficient (Wildman–Crippen LogP) is 9.47. The van der Waals surface area contributed by atoms with Gasteiger partial charge in [-0.3, -0.25) is 0 Å². The molecule has 0 atom stereocenters. The molecule has 0 bridgehead atoms. The number of ether oxygens (including phenoxy) is 1. The van der Waals surface area contributed by atoms with Gasteiger partial charge in [0.25, 0.3) is 0 Å². The Morgan fingerprint density at radius 3 is 2.35 bits per heavy atom. The number of hydrogen-bond donors (Lipinski definition) is 0. The minimum atomic E-state index is 0.765. The minimum absolute atomic E-state index is 0.765. The Kier molecular flexibility index (Phi) is 8.04. The molecule has 0 fully saturated rings. The van der Waals surface area contributed by atoms with E-state index in [4.69, 9.17) is 4.74 Å². The van der Waals surface area contributed by atoms with Gasteiger partial charge in [-0.05, 0) is 72.2 Å². The van der Waals surface area contributed by atoms with E-state index in [1.165, 1.54) is 33.3 Å². The monoisotopic (exact) mass is 449 g/mol. The fraction of sp³-hybridized carbons (Fsp3) is 0.250. The molecule has 0 saturated carbocycles. The van der Waals surface area contributed by atoms with Crippen LogP contribution in [0.5, 0.6) is 5.75 Å². The smallest absolute Gasteiger partial charge is 0.119 e. The highest BCUT2D eigenvalue weighted by molar-refractivity contribution is 5.99. The lowest BCUT2D eigenvalue weighted by Gasteiger charge is -2.30. The third kappa shape index (κ3) is 5.02. The van der Waals surface area contributed by atoms with Crippen LogP contribution in [0.15, 0.2) is 91.0 Å². The first-order valence-corrected chi connectivity index (χ1v) is 12.6. The van der Waals surface area contributed by atoms with Crippen LogP contribution in [0.25, 0.3) is 16.8 Å². The number of benzene rings is 4. The first-order chi connectivity index (χ1) is 16.8. The largest absolute Gasteiger partial charge is 0.494 e. The summed E-state index contributed by atoms with van der Waals surface area (Å²) in [5, 5.41) is 2.50. The zero-order valence-electron chi connectivity index (χ0n) is 20.6. The van der Waals surface area contributed by atoms with Crippen molar-refractivity contribution in [2.24, 2.45) is 0 Å². The minimum Gasteiger partial charge on any atom is -0.494 e. The van der Waals surface area contributed by atoms with E-state index >= 15 is 0 Å². The molecule has 4 aromatic carbocycles. The van der Waals surface area contributed by atoms with Gasteiger partial charge in [0.1, 0.15) is 5.75 Å². The summed E-state index contributed by atoms with van der Waals surface area (Å²) >= 11 is 0. The number of allylic oxidation sites excluding steroid dienone is 1. The van der Waals surface area contributed by atoms with Crippen molar-refractivity contribution in [2.75, 3.05) is 11.5 Å². The standard InChI is InChI=1S/C30H29NO.C2H6/c1-2-3-22-32-26-20-18-25(19-21-26)31(29-16-8-12-23-10-4-6-14-27(23)29)30-17-9-13-24-11-5-7-15-28(24)30;1-2/h4-6,8-14,16-21H,2-3,7,15,22H2,1H3;1-2H3. The maximum absolute atomic E-state index is 5.93. The van der Waals surface area contributed by atoms with E-state index in [9.17, 15) is 0 Å². The second-order valence-electron chi connectivity index (χ2n) is 8.32. The van der Waals surface area contributed by atoms with Gasteiger partial charge in [0, 0.05) is 16.8 Å². The number of rotatable bonds is 7. The highest BCUT2D eigenvalue weighted by atomic mass is 16.5. The van der Waals surface area contributed by atoms with E-state index < -0.39 is 0 Å². The molecule has 0 spiro atoms. The van der Waals surface area contributed by atoms with Gasteiger partial charge in [0.15, 0.2) is 0 Å². The fourth-order valence-corrected chi connectivity index (χ4v) is 4.51. The van der Waals surface area contributed by atoms with Crippen molar-refractivity contribution in [1.82, 2.24) is 0 Å². The summed E-state index contributed by atoms with van der Waals surface area (Å²) in [5.74, 6) is 0.929. The van der Waals surface area contributed by atoms with Gasteiger partial charge in [-0.15, -0.1) is 0 Å². The topological polar surface area (TPSA) is 12.5 Å². The Labute approximate surface area is 204 Å². The predicted molar refractivity (Wildman–Crippen MR) is 148 cm³/mol. The molecule has 34 heavy (non-hydrogen) atoms.